The molecule has 35 heavy (non-hydrogen) atoms. The van der Waals surface area contributed by atoms with Gasteiger partial charge in [-0.3, -0.25) is 4.90 Å². The molecule has 5 nitrogen and oxygen atoms in total. The van der Waals surface area contributed by atoms with Crippen molar-refractivity contribution < 1.29 is 31.4 Å². The molecule has 1 aromatic heterocycles. The number of piperidine rings is 1. The second kappa shape index (κ2) is 8.48. The molecule has 12 heteroatoms. The van der Waals surface area contributed by atoms with Gasteiger partial charge in [-0.05, 0) is 73.5 Å². The predicted octanol–water partition coefficient (Wildman–Crippen LogP) is 4.60. The van der Waals surface area contributed by atoms with Gasteiger partial charge in [0.1, 0.15) is 0 Å². The van der Waals surface area contributed by atoms with Crippen molar-refractivity contribution in [3.63, 3.8) is 0 Å². The molecule has 3 heterocycles. The van der Waals surface area contributed by atoms with Gasteiger partial charge in [0.25, 0.3) is 0 Å². The number of aromatic nitrogens is 2. The number of likely N-dealkylation sites (tertiary alicyclic amines) is 1. The maximum atomic E-state index is 13.2. The van der Waals surface area contributed by atoms with Crippen molar-refractivity contribution in [1.82, 2.24) is 14.9 Å². The molecule has 2 aliphatic heterocycles. The Bertz CT molecular complexity index is 1080. The number of rotatable bonds is 2. The molecule has 0 amide bonds. The number of benzene rings is 1. The molecule has 0 saturated carbocycles. The Hall–Kier alpha value is -2.11. The van der Waals surface area contributed by atoms with Crippen LogP contribution in [0.15, 0.2) is 24.3 Å². The SMILES string of the molecule is OC1CN(c2nc(C(F)(F)F)cc(C(F)(F)F)n2)CC1N1CCC2(CC1)Cc1ccc(Cl)cc1C2. The van der Waals surface area contributed by atoms with Crippen LogP contribution in [0.2, 0.25) is 5.02 Å². The monoisotopic (exact) mass is 520 g/mol. The van der Waals surface area contributed by atoms with Gasteiger partial charge >= 0.3 is 12.4 Å². The summed E-state index contributed by atoms with van der Waals surface area (Å²) in [6, 6.07) is 5.42. The molecule has 1 aliphatic carbocycles. The lowest BCUT2D eigenvalue weighted by Crippen LogP contribution is -2.50. The molecule has 2 fully saturated rings. The van der Waals surface area contributed by atoms with Crippen LogP contribution >= 0.6 is 11.6 Å². The number of aliphatic hydroxyl groups excluding tert-OH is 1. The fourth-order valence-corrected chi connectivity index (χ4v) is 5.84. The van der Waals surface area contributed by atoms with E-state index in [4.69, 9.17) is 11.6 Å². The summed E-state index contributed by atoms with van der Waals surface area (Å²) in [5, 5.41) is 11.4. The Labute approximate surface area is 202 Å². The minimum Gasteiger partial charge on any atom is -0.390 e. The molecule has 1 N–H and O–H groups in total. The highest BCUT2D eigenvalue weighted by atomic mass is 35.5. The van der Waals surface area contributed by atoms with Crippen molar-refractivity contribution in [2.75, 3.05) is 31.1 Å². The number of fused-ring (bicyclic) bond motifs is 1. The first-order valence-corrected chi connectivity index (χ1v) is 11.7. The number of β-amino-alcohol motifs (C(OH)–C–C–N with tert-alkyl or cyclic N) is 1. The number of anilines is 1. The molecule has 2 saturated heterocycles. The van der Waals surface area contributed by atoms with E-state index in [-0.39, 0.29) is 24.6 Å². The maximum Gasteiger partial charge on any atom is 0.433 e. The lowest BCUT2D eigenvalue weighted by Gasteiger charge is -2.42. The molecule has 2 unspecified atom stereocenters. The van der Waals surface area contributed by atoms with Crippen molar-refractivity contribution >= 4 is 17.5 Å². The van der Waals surface area contributed by atoms with Gasteiger partial charge in [0, 0.05) is 18.1 Å². The molecule has 0 radical (unpaired) electrons. The molecule has 1 aromatic carbocycles. The number of hydrogen-bond acceptors (Lipinski definition) is 5. The van der Waals surface area contributed by atoms with Crippen LogP contribution in [0.1, 0.15) is 35.4 Å². The highest BCUT2D eigenvalue weighted by Gasteiger charge is 2.45. The van der Waals surface area contributed by atoms with E-state index >= 15 is 0 Å². The van der Waals surface area contributed by atoms with Crippen molar-refractivity contribution in [2.45, 2.75) is 50.2 Å². The van der Waals surface area contributed by atoms with Crippen LogP contribution in [0.25, 0.3) is 0 Å². The highest BCUT2D eigenvalue weighted by Crippen LogP contribution is 2.46. The third kappa shape index (κ3) is 4.82. The van der Waals surface area contributed by atoms with Gasteiger partial charge in [-0.1, -0.05) is 17.7 Å². The first-order chi connectivity index (χ1) is 16.3. The minimum absolute atomic E-state index is 0.0443. The zero-order chi connectivity index (χ0) is 25.2. The quantitative estimate of drug-likeness (QED) is 0.587. The van der Waals surface area contributed by atoms with Crippen LogP contribution < -0.4 is 4.90 Å². The average Bonchev–Trinajstić information content (AvgIpc) is 3.33. The largest absolute Gasteiger partial charge is 0.433 e. The van der Waals surface area contributed by atoms with Gasteiger partial charge in [-0.15, -0.1) is 0 Å². The molecule has 5 rings (SSSR count). The summed E-state index contributed by atoms with van der Waals surface area (Å²) in [6.07, 6.45) is -7.43. The molecule has 190 valence electrons. The van der Waals surface area contributed by atoms with E-state index in [2.05, 4.69) is 20.9 Å². The van der Waals surface area contributed by atoms with Crippen LogP contribution in [0.4, 0.5) is 32.3 Å². The van der Waals surface area contributed by atoms with E-state index in [0.29, 0.717) is 18.1 Å². The molecule has 2 aromatic rings. The summed E-state index contributed by atoms with van der Waals surface area (Å²) in [7, 11) is 0. The van der Waals surface area contributed by atoms with E-state index in [1.54, 1.807) is 0 Å². The van der Waals surface area contributed by atoms with Crippen molar-refractivity contribution in [3.8, 4) is 0 Å². The zero-order valence-corrected chi connectivity index (χ0v) is 19.3. The smallest absolute Gasteiger partial charge is 0.390 e. The summed E-state index contributed by atoms with van der Waals surface area (Å²) in [5.74, 6) is -0.676. The van der Waals surface area contributed by atoms with Crippen LogP contribution in [0.3, 0.4) is 0 Å². The van der Waals surface area contributed by atoms with Crippen LogP contribution in [-0.2, 0) is 25.2 Å². The summed E-state index contributed by atoms with van der Waals surface area (Å²) >= 11 is 6.13. The standard InChI is InChI=1S/C23H23ClF6N4O/c24-15-2-1-13-9-21(10-14(13)7-15)3-5-33(6-4-21)16-11-34(12-17(16)35)20-31-18(22(25,26)27)8-19(32-20)23(28,29)30/h1-2,7-8,16-17,35H,3-6,9-12H2. The van der Waals surface area contributed by atoms with E-state index in [9.17, 15) is 31.4 Å². The first-order valence-electron chi connectivity index (χ1n) is 11.3. The Morgan fingerprint density at radius 3 is 2.09 bits per heavy atom. The first kappa shape index (κ1) is 24.6. The zero-order valence-electron chi connectivity index (χ0n) is 18.5. The molecule has 0 bridgehead atoms. The lowest BCUT2D eigenvalue weighted by molar-refractivity contribution is -0.147. The van der Waals surface area contributed by atoms with Gasteiger partial charge in [-0.25, -0.2) is 9.97 Å². The molecular formula is C23H23ClF6N4O. The average molecular weight is 521 g/mol. The number of nitrogens with zero attached hydrogens (tertiary/aromatic N) is 4. The second-order valence-electron chi connectivity index (χ2n) is 9.78. The highest BCUT2D eigenvalue weighted by molar-refractivity contribution is 6.30. The molecule has 1 spiro atoms. The van der Waals surface area contributed by atoms with Gasteiger partial charge in [0.2, 0.25) is 5.95 Å². The second-order valence-corrected chi connectivity index (χ2v) is 10.2. The van der Waals surface area contributed by atoms with E-state index < -0.39 is 41.8 Å². The third-order valence-corrected chi connectivity index (χ3v) is 7.70. The Kier molecular flexibility index (Phi) is 5.96. The minimum atomic E-state index is -5.06. The molecule has 2 atom stereocenters. The van der Waals surface area contributed by atoms with Gasteiger partial charge in [0.15, 0.2) is 11.4 Å². The van der Waals surface area contributed by atoms with Crippen molar-refractivity contribution in [1.29, 1.82) is 0 Å². The maximum absolute atomic E-state index is 13.2. The number of aliphatic hydroxyl groups is 1. The van der Waals surface area contributed by atoms with Gasteiger partial charge in [0.05, 0.1) is 12.1 Å². The fourth-order valence-electron chi connectivity index (χ4n) is 5.64. The van der Waals surface area contributed by atoms with E-state index in [1.807, 2.05) is 12.1 Å². The lowest BCUT2D eigenvalue weighted by atomic mass is 9.75. The van der Waals surface area contributed by atoms with Gasteiger partial charge in [-0.2, -0.15) is 26.3 Å². The van der Waals surface area contributed by atoms with Crippen LogP contribution in [0.5, 0.6) is 0 Å². The topological polar surface area (TPSA) is 52.5 Å². The van der Waals surface area contributed by atoms with Crippen molar-refractivity contribution in [2.24, 2.45) is 5.41 Å². The Morgan fingerprint density at radius 2 is 1.49 bits per heavy atom. The number of alkyl halides is 6. The number of halogens is 7. The van der Waals surface area contributed by atoms with Crippen LogP contribution in [-0.4, -0.2) is 58.3 Å². The predicted molar refractivity (Wildman–Crippen MR) is 116 cm³/mol. The Balaban J connectivity index is 1.29. The van der Waals surface area contributed by atoms with E-state index in [1.165, 1.54) is 16.0 Å². The Morgan fingerprint density at radius 1 is 0.886 bits per heavy atom. The molecular weight excluding hydrogens is 498 g/mol. The third-order valence-electron chi connectivity index (χ3n) is 7.46. The summed E-state index contributed by atoms with van der Waals surface area (Å²) in [5.41, 5.74) is -0.669. The summed E-state index contributed by atoms with van der Waals surface area (Å²) in [6.45, 7) is 1.25. The normalized spacial score (nSPS) is 24.9. The molecule has 3 aliphatic rings. The fraction of sp³-hybridized carbons (Fsp3) is 0.565. The summed E-state index contributed by atoms with van der Waals surface area (Å²) in [4.78, 5) is 9.98. The van der Waals surface area contributed by atoms with Crippen LogP contribution in [0, 0.1) is 5.41 Å². The van der Waals surface area contributed by atoms with E-state index in [0.717, 1.165) is 25.7 Å². The van der Waals surface area contributed by atoms with Gasteiger partial charge < -0.3 is 10.0 Å². The van der Waals surface area contributed by atoms with Crippen molar-refractivity contribution in [3.05, 3.63) is 51.8 Å². The summed E-state index contributed by atoms with van der Waals surface area (Å²) < 4.78 is 79.1. The number of hydrogen-bond donors (Lipinski definition) is 1.